The van der Waals surface area contributed by atoms with Gasteiger partial charge >= 0.3 is 0 Å². The second-order valence-electron chi connectivity index (χ2n) is 8.94. The monoisotopic (exact) mass is 476 g/mol. The van der Waals surface area contributed by atoms with Gasteiger partial charge in [0.15, 0.2) is 11.5 Å². The van der Waals surface area contributed by atoms with Crippen LogP contribution in [-0.4, -0.2) is 33.5 Å². The number of methoxy groups -OCH3 is 3. The highest BCUT2D eigenvalue weighted by molar-refractivity contribution is 5.86. The number of carbonyl (C=O) groups is 1. The smallest absolute Gasteiger partial charge is 0.240 e. The number of unbranched alkanes of at least 4 members (excludes halogenated alkanes) is 14. The van der Waals surface area contributed by atoms with Crippen molar-refractivity contribution in [2.45, 2.75) is 110 Å². The molecule has 6 nitrogen and oxygen atoms in total. The predicted molar refractivity (Wildman–Crippen MR) is 141 cm³/mol. The van der Waals surface area contributed by atoms with Gasteiger partial charge in [0.1, 0.15) is 5.75 Å². The highest BCUT2D eigenvalue weighted by Gasteiger charge is 2.10. The second-order valence-corrected chi connectivity index (χ2v) is 8.94. The summed E-state index contributed by atoms with van der Waals surface area (Å²) in [5.41, 5.74) is 3.30. The number of hydrogen-bond donors (Lipinski definition) is 1. The van der Waals surface area contributed by atoms with Crippen LogP contribution < -0.4 is 19.6 Å². The number of benzene rings is 1. The van der Waals surface area contributed by atoms with Crippen LogP contribution in [0.4, 0.5) is 0 Å². The number of ether oxygens (including phenoxy) is 3. The lowest BCUT2D eigenvalue weighted by atomic mass is 10.0. The van der Waals surface area contributed by atoms with Crippen molar-refractivity contribution >= 4 is 12.1 Å². The summed E-state index contributed by atoms with van der Waals surface area (Å²) in [5, 5.41) is 4.07. The fourth-order valence-corrected chi connectivity index (χ4v) is 4.04. The minimum Gasteiger partial charge on any atom is -0.496 e. The summed E-state index contributed by atoms with van der Waals surface area (Å²) in [6, 6.07) is 3.50. The van der Waals surface area contributed by atoms with Crippen molar-refractivity contribution in [2.75, 3.05) is 21.3 Å². The van der Waals surface area contributed by atoms with Gasteiger partial charge in [-0.25, -0.2) is 5.43 Å². The topological polar surface area (TPSA) is 69.2 Å². The molecular weight excluding hydrogens is 428 g/mol. The molecule has 1 rings (SSSR count). The average molecular weight is 477 g/mol. The number of hydrazone groups is 1. The molecule has 0 heterocycles. The molecule has 0 fully saturated rings. The van der Waals surface area contributed by atoms with E-state index in [0.29, 0.717) is 29.2 Å². The average Bonchev–Trinajstić information content (AvgIpc) is 2.85. The third-order valence-electron chi connectivity index (χ3n) is 6.14. The Bertz CT molecular complexity index is 691. The molecule has 1 aromatic carbocycles. The van der Waals surface area contributed by atoms with E-state index in [4.69, 9.17) is 14.2 Å². The van der Waals surface area contributed by atoms with Gasteiger partial charge in [0, 0.05) is 18.1 Å². The van der Waals surface area contributed by atoms with E-state index in [2.05, 4.69) is 17.5 Å². The molecule has 1 N–H and O–H groups in total. The number of amides is 1. The minimum atomic E-state index is -0.0645. The summed E-state index contributed by atoms with van der Waals surface area (Å²) >= 11 is 0. The first-order valence-corrected chi connectivity index (χ1v) is 13.3. The standard InChI is InChI=1S/C28H48N2O4/c1-5-6-7-8-9-10-11-12-13-14-15-16-17-18-19-20-28(31)30-29-23-24-21-26(33-3)27(34-4)22-25(24)32-2/h21-23H,5-20H2,1-4H3,(H,30,31)/b29-23+. The molecule has 0 atom stereocenters. The number of rotatable bonds is 21. The quantitative estimate of drug-likeness (QED) is 0.114. The molecule has 0 aromatic heterocycles. The number of nitrogens with one attached hydrogen (secondary N) is 1. The zero-order valence-corrected chi connectivity index (χ0v) is 22.1. The Morgan fingerprint density at radius 2 is 1.15 bits per heavy atom. The molecule has 0 aliphatic carbocycles. The van der Waals surface area contributed by atoms with Gasteiger partial charge in [-0.3, -0.25) is 4.79 Å². The van der Waals surface area contributed by atoms with Crippen molar-refractivity contribution in [1.29, 1.82) is 0 Å². The Labute approximate surface area is 207 Å². The van der Waals surface area contributed by atoms with Crippen molar-refractivity contribution in [3.05, 3.63) is 17.7 Å². The first kappa shape index (κ1) is 29.8. The van der Waals surface area contributed by atoms with Gasteiger partial charge in [-0.1, -0.05) is 96.8 Å². The summed E-state index contributed by atoms with van der Waals surface area (Å²) in [7, 11) is 4.72. The SMILES string of the molecule is CCCCCCCCCCCCCCCCCC(=O)N/N=C/c1cc(OC)c(OC)cc1OC. The van der Waals surface area contributed by atoms with Crippen LogP contribution >= 0.6 is 0 Å². The third kappa shape index (κ3) is 13.5. The van der Waals surface area contributed by atoms with Crippen LogP contribution in [0.3, 0.4) is 0 Å². The van der Waals surface area contributed by atoms with Crippen molar-refractivity contribution < 1.29 is 19.0 Å². The van der Waals surface area contributed by atoms with Gasteiger partial charge < -0.3 is 14.2 Å². The lowest BCUT2D eigenvalue weighted by Gasteiger charge is -2.11. The first-order valence-electron chi connectivity index (χ1n) is 13.3. The summed E-state index contributed by atoms with van der Waals surface area (Å²) in [4.78, 5) is 12.0. The normalized spacial score (nSPS) is 11.1. The van der Waals surface area contributed by atoms with E-state index in [1.54, 1.807) is 39.7 Å². The van der Waals surface area contributed by atoms with Crippen LogP contribution in [0.15, 0.2) is 17.2 Å². The Kier molecular flexibility index (Phi) is 17.7. The van der Waals surface area contributed by atoms with E-state index in [0.717, 1.165) is 12.8 Å². The van der Waals surface area contributed by atoms with E-state index in [1.165, 1.54) is 83.5 Å². The summed E-state index contributed by atoms with van der Waals surface area (Å²) in [6.45, 7) is 2.27. The zero-order chi connectivity index (χ0) is 24.9. The Morgan fingerprint density at radius 3 is 1.62 bits per heavy atom. The van der Waals surface area contributed by atoms with Crippen LogP contribution in [0.1, 0.15) is 115 Å². The van der Waals surface area contributed by atoms with E-state index < -0.39 is 0 Å². The molecule has 0 aliphatic rings. The molecular formula is C28H48N2O4. The van der Waals surface area contributed by atoms with Crippen LogP contribution in [-0.2, 0) is 4.79 Å². The molecule has 34 heavy (non-hydrogen) atoms. The highest BCUT2D eigenvalue weighted by Crippen LogP contribution is 2.33. The van der Waals surface area contributed by atoms with Crippen LogP contribution in [0.25, 0.3) is 0 Å². The zero-order valence-electron chi connectivity index (χ0n) is 22.1. The minimum absolute atomic E-state index is 0.0645. The van der Waals surface area contributed by atoms with Crippen LogP contribution in [0.5, 0.6) is 17.2 Å². The third-order valence-corrected chi connectivity index (χ3v) is 6.14. The van der Waals surface area contributed by atoms with Gasteiger partial charge in [0.25, 0.3) is 0 Å². The fraction of sp³-hybridized carbons (Fsp3) is 0.714. The Hall–Kier alpha value is -2.24. The van der Waals surface area contributed by atoms with E-state index in [-0.39, 0.29) is 5.91 Å². The maximum atomic E-state index is 12.0. The van der Waals surface area contributed by atoms with Crippen molar-refractivity contribution in [2.24, 2.45) is 5.10 Å². The second kappa shape index (κ2) is 20.2. The predicted octanol–water partition coefficient (Wildman–Crippen LogP) is 7.42. The van der Waals surface area contributed by atoms with Crippen LogP contribution in [0.2, 0.25) is 0 Å². The van der Waals surface area contributed by atoms with E-state index in [1.807, 2.05) is 0 Å². The Morgan fingerprint density at radius 1 is 0.706 bits per heavy atom. The molecule has 6 heteroatoms. The van der Waals surface area contributed by atoms with Gasteiger partial charge in [0.05, 0.1) is 27.5 Å². The molecule has 0 unspecified atom stereocenters. The highest BCUT2D eigenvalue weighted by atomic mass is 16.5. The van der Waals surface area contributed by atoms with E-state index >= 15 is 0 Å². The molecule has 0 radical (unpaired) electrons. The molecule has 1 aromatic rings. The summed E-state index contributed by atoms with van der Waals surface area (Å²) in [5.74, 6) is 1.69. The molecule has 0 bridgehead atoms. The van der Waals surface area contributed by atoms with Crippen molar-refractivity contribution in [3.8, 4) is 17.2 Å². The van der Waals surface area contributed by atoms with Crippen LogP contribution in [0, 0.1) is 0 Å². The molecule has 1 amide bonds. The van der Waals surface area contributed by atoms with Gasteiger partial charge in [-0.05, 0) is 12.5 Å². The van der Waals surface area contributed by atoms with E-state index in [9.17, 15) is 4.79 Å². The summed E-state index contributed by atoms with van der Waals surface area (Å²) in [6.07, 6.45) is 21.8. The largest absolute Gasteiger partial charge is 0.496 e. The first-order chi connectivity index (χ1) is 16.7. The molecule has 0 spiro atoms. The maximum Gasteiger partial charge on any atom is 0.240 e. The molecule has 194 valence electrons. The lowest BCUT2D eigenvalue weighted by molar-refractivity contribution is -0.121. The Balaban J connectivity index is 2.07. The van der Waals surface area contributed by atoms with Gasteiger partial charge in [-0.2, -0.15) is 5.10 Å². The lowest BCUT2D eigenvalue weighted by Crippen LogP contribution is -2.17. The number of hydrogen-bond acceptors (Lipinski definition) is 5. The van der Waals surface area contributed by atoms with Crippen molar-refractivity contribution in [1.82, 2.24) is 5.43 Å². The molecule has 0 saturated heterocycles. The van der Waals surface area contributed by atoms with Crippen molar-refractivity contribution in [3.63, 3.8) is 0 Å². The van der Waals surface area contributed by atoms with Gasteiger partial charge in [-0.15, -0.1) is 0 Å². The number of nitrogens with zero attached hydrogens (tertiary/aromatic N) is 1. The van der Waals surface area contributed by atoms with Gasteiger partial charge in [0.2, 0.25) is 5.91 Å². The molecule has 0 saturated carbocycles. The summed E-state index contributed by atoms with van der Waals surface area (Å²) < 4.78 is 16.0. The molecule has 0 aliphatic heterocycles. The fourth-order valence-electron chi connectivity index (χ4n) is 4.04. The number of carbonyl (C=O) groups excluding carboxylic acids is 1. The maximum absolute atomic E-state index is 12.0.